The van der Waals surface area contributed by atoms with Gasteiger partial charge >= 0.3 is 0 Å². The SMILES string of the molecule is CC(Br)c1ccc2c(c1)CCC(=O)N2C. The Kier molecular flexibility index (Phi) is 2.83. The maximum atomic E-state index is 11.5. The maximum Gasteiger partial charge on any atom is 0.227 e. The Balaban J connectivity index is 2.42. The first-order chi connectivity index (χ1) is 7.09. The number of anilines is 1. The number of halogens is 1. The fourth-order valence-electron chi connectivity index (χ4n) is 1.92. The van der Waals surface area contributed by atoms with Crippen LogP contribution in [0.1, 0.15) is 29.3 Å². The number of hydrogen-bond donors (Lipinski definition) is 0. The summed E-state index contributed by atoms with van der Waals surface area (Å²) >= 11 is 3.56. The van der Waals surface area contributed by atoms with Gasteiger partial charge in [0.15, 0.2) is 0 Å². The molecule has 0 N–H and O–H groups in total. The molecule has 0 saturated carbocycles. The fraction of sp³-hybridized carbons (Fsp3) is 0.417. The zero-order chi connectivity index (χ0) is 11.0. The molecule has 2 rings (SSSR count). The fourth-order valence-corrected chi connectivity index (χ4v) is 2.21. The Morgan fingerprint density at radius 1 is 1.40 bits per heavy atom. The van der Waals surface area contributed by atoms with E-state index < -0.39 is 0 Å². The molecule has 0 aromatic heterocycles. The van der Waals surface area contributed by atoms with Crippen molar-refractivity contribution in [2.24, 2.45) is 0 Å². The first-order valence-electron chi connectivity index (χ1n) is 5.13. The van der Waals surface area contributed by atoms with Gasteiger partial charge in [-0.05, 0) is 30.5 Å². The van der Waals surface area contributed by atoms with Crippen LogP contribution in [0.25, 0.3) is 0 Å². The van der Waals surface area contributed by atoms with Crippen molar-refractivity contribution in [3.8, 4) is 0 Å². The number of fused-ring (bicyclic) bond motifs is 1. The summed E-state index contributed by atoms with van der Waals surface area (Å²) in [4.78, 5) is 13.6. The van der Waals surface area contributed by atoms with Crippen molar-refractivity contribution in [3.63, 3.8) is 0 Å². The molecule has 3 heteroatoms. The minimum atomic E-state index is 0.210. The lowest BCUT2D eigenvalue weighted by Gasteiger charge is -2.26. The molecule has 0 saturated heterocycles. The van der Waals surface area contributed by atoms with Crippen LogP contribution >= 0.6 is 15.9 Å². The van der Waals surface area contributed by atoms with Crippen molar-refractivity contribution in [2.45, 2.75) is 24.6 Å². The number of hydrogen-bond acceptors (Lipinski definition) is 1. The van der Waals surface area contributed by atoms with Crippen molar-refractivity contribution in [1.82, 2.24) is 0 Å². The van der Waals surface area contributed by atoms with E-state index in [2.05, 4.69) is 35.0 Å². The van der Waals surface area contributed by atoms with Crippen LogP contribution in [-0.4, -0.2) is 13.0 Å². The highest BCUT2D eigenvalue weighted by molar-refractivity contribution is 9.09. The molecule has 0 fully saturated rings. The molecule has 0 spiro atoms. The van der Waals surface area contributed by atoms with Gasteiger partial charge in [0.1, 0.15) is 0 Å². The second-order valence-corrected chi connectivity index (χ2v) is 5.33. The van der Waals surface area contributed by atoms with Crippen molar-refractivity contribution in [3.05, 3.63) is 29.3 Å². The highest BCUT2D eigenvalue weighted by Gasteiger charge is 2.20. The summed E-state index contributed by atoms with van der Waals surface area (Å²) < 4.78 is 0. The second kappa shape index (κ2) is 3.97. The van der Waals surface area contributed by atoms with E-state index in [-0.39, 0.29) is 5.91 Å². The number of carbonyl (C=O) groups excluding carboxylic acids is 1. The number of benzene rings is 1. The molecule has 2 nitrogen and oxygen atoms in total. The largest absolute Gasteiger partial charge is 0.315 e. The van der Waals surface area contributed by atoms with Gasteiger partial charge in [-0.1, -0.05) is 28.1 Å². The third-order valence-electron chi connectivity index (χ3n) is 2.91. The minimum absolute atomic E-state index is 0.210. The molecule has 15 heavy (non-hydrogen) atoms. The molecule has 1 amide bonds. The van der Waals surface area contributed by atoms with E-state index in [0.717, 1.165) is 12.1 Å². The van der Waals surface area contributed by atoms with Crippen LogP contribution in [0, 0.1) is 0 Å². The molecule has 1 aliphatic rings. The van der Waals surface area contributed by atoms with Crippen LogP contribution in [0.5, 0.6) is 0 Å². The van der Waals surface area contributed by atoms with Crippen LogP contribution < -0.4 is 4.90 Å². The molecule has 1 heterocycles. The quantitative estimate of drug-likeness (QED) is 0.717. The molecule has 1 unspecified atom stereocenters. The van der Waals surface area contributed by atoms with E-state index in [9.17, 15) is 4.79 Å². The molecule has 1 aromatic rings. The smallest absolute Gasteiger partial charge is 0.227 e. The Bertz CT molecular complexity index is 401. The van der Waals surface area contributed by atoms with Gasteiger partial charge in [0.2, 0.25) is 5.91 Å². The summed E-state index contributed by atoms with van der Waals surface area (Å²) in [7, 11) is 1.84. The van der Waals surface area contributed by atoms with Crippen molar-refractivity contribution in [1.29, 1.82) is 0 Å². The van der Waals surface area contributed by atoms with E-state index in [1.165, 1.54) is 11.1 Å². The van der Waals surface area contributed by atoms with Crippen LogP contribution in [0.2, 0.25) is 0 Å². The first-order valence-corrected chi connectivity index (χ1v) is 6.04. The Hall–Kier alpha value is -0.830. The molecule has 80 valence electrons. The van der Waals surface area contributed by atoms with Gasteiger partial charge in [0.25, 0.3) is 0 Å². The third kappa shape index (κ3) is 1.93. The van der Waals surface area contributed by atoms with Gasteiger partial charge < -0.3 is 4.90 Å². The van der Waals surface area contributed by atoms with Gasteiger partial charge in [-0.2, -0.15) is 0 Å². The van der Waals surface area contributed by atoms with E-state index in [1.54, 1.807) is 4.90 Å². The minimum Gasteiger partial charge on any atom is -0.315 e. The Morgan fingerprint density at radius 3 is 2.80 bits per heavy atom. The van der Waals surface area contributed by atoms with Crippen molar-refractivity contribution < 1.29 is 4.79 Å². The van der Waals surface area contributed by atoms with Crippen LogP contribution in [0.15, 0.2) is 18.2 Å². The van der Waals surface area contributed by atoms with Crippen LogP contribution in [0.3, 0.4) is 0 Å². The van der Waals surface area contributed by atoms with Crippen LogP contribution in [0.4, 0.5) is 5.69 Å². The molecule has 1 aromatic carbocycles. The highest BCUT2D eigenvalue weighted by Crippen LogP contribution is 2.31. The zero-order valence-electron chi connectivity index (χ0n) is 8.96. The Labute approximate surface area is 98.4 Å². The third-order valence-corrected chi connectivity index (χ3v) is 3.44. The Morgan fingerprint density at radius 2 is 2.13 bits per heavy atom. The zero-order valence-corrected chi connectivity index (χ0v) is 10.5. The molecular weight excluding hydrogens is 254 g/mol. The summed E-state index contributed by atoms with van der Waals surface area (Å²) in [6.45, 7) is 2.11. The van der Waals surface area contributed by atoms with E-state index in [0.29, 0.717) is 11.2 Å². The van der Waals surface area contributed by atoms with E-state index >= 15 is 0 Å². The van der Waals surface area contributed by atoms with Crippen molar-refractivity contribution in [2.75, 3.05) is 11.9 Å². The lowest BCUT2D eigenvalue weighted by atomic mass is 9.98. The number of nitrogens with zero attached hydrogens (tertiary/aromatic N) is 1. The lowest BCUT2D eigenvalue weighted by molar-refractivity contribution is -0.118. The number of aryl methyl sites for hydroxylation is 1. The lowest BCUT2D eigenvalue weighted by Crippen LogP contribution is -2.31. The van der Waals surface area contributed by atoms with Crippen LogP contribution in [-0.2, 0) is 11.2 Å². The summed E-state index contributed by atoms with van der Waals surface area (Å²) in [6.07, 6.45) is 1.50. The van der Waals surface area contributed by atoms with Gasteiger partial charge in [0, 0.05) is 24.0 Å². The normalized spacial score (nSPS) is 17.5. The standard InChI is InChI=1S/C12H14BrNO/c1-8(13)9-3-5-11-10(7-9)4-6-12(15)14(11)2/h3,5,7-8H,4,6H2,1-2H3. The number of carbonyl (C=O) groups is 1. The first kappa shape index (κ1) is 10.7. The summed E-state index contributed by atoms with van der Waals surface area (Å²) in [5.74, 6) is 0.210. The maximum absolute atomic E-state index is 11.5. The predicted molar refractivity (Wildman–Crippen MR) is 65.5 cm³/mol. The topological polar surface area (TPSA) is 20.3 Å². The number of alkyl halides is 1. The molecule has 1 atom stereocenters. The number of amides is 1. The highest BCUT2D eigenvalue weighted by atomic mass is 79.9. The molecular formula is C12H14BrNO. The molecule has 0 radical (unpaired) electrons. The van der Waals surface area contributed by atoms with Crippen molar-refractivity contribution >= 4 is 27.5 Å². The predicted octanol–water partition coefficient (Wildman–Crippen LogP) is 3.05. The summed E-state index contributed by atoms with van der Waals surface area (Å²) in [5, 5.41) is 0. The number of rotatable bonds is 1. The van der Waals surface area contributed by atoms with Gasteiger partial charge in [-0.25, -0.2) is 0 Å². The second-order valence-electron chi connectivity index (χ2n) is 3.96. The monoisotopic (exact) mass is 267 g/mol. The van der Waals surface area contributed by atoms with Gasteiger partial charge in [0.05, 0.1) is 0 Å². The van der Waals surface area contributed by atoms with Gasteiger partial charge in [-0.3, -0.25) is 4.79 Å². The summed E-state index contributed by atoms with van der Waals surface area (Å²) in [6, 6.07) is 6.31. The molecule has 0 bridgehead atoms. The molecule has 0 aliphatic carbocycles. The molecule has 1 aliphatic heterocycles. The summed E-state index contributed by atoms with van der Waals surface area (Å²) in [5.41, 5.74) is 3.61. The average molecular weight is 268 g/mol. The van der Waals surface area contributed by atoms with E-state index in [1.807, 2.05) is 13.1 Å². The average Bonchev–Trinajstić information content (AvgIpc) is 2.23. The van der Waals surface area contributed by atoms with Gasteiger partial charge in [-0.15, -0.1) is 0 Å². The van der Waals surface area contributed by atoms with E-state index in [4.69, 9.17) is 0 Å².